The first-order valence-corrected chi connectivity index (χ1v) is 15.9. The number of carbonyl (C=O) groups excluding carboxylic acids is 2. The summed E-state index contributed by atoms with van der Waals surface area (Å²) >= 11 is 12.3. The van der Waals surface area contributed by atoms with E-state index in [2.05, 4.69) is 5.32 Å². The lowest BCUT2D eigenvalue weighted by molar-refractivity contribution is -0.140. The van der Waals surface area contributed by atoms with E-state index in [0.717, 1.165) is 16.4 Å². The van der Waals surface area contributed by atoms with Gasteiger partial charge in [0.1, 0.15) is 31.6 Å². The van der Waals surface area contributed by atoms with E-state index in [4.69, 9.17) is 32.7 Å². The number of nitrogens with one attached hydrogen (secondary N) is 1. The van der Waals surface area contributed by atoms with Crippen molar-refractivity contribution in [3.05, 3.63) is 82.1 Å². The predicted molar refractivity (Wildman–Crippen MR) is 163 cm³/mol. The molecule has 1 heterocycles. The number of anilines is 1. The van der Waals surface area contributed by atoms with E-state index in [1.807, 2.05) is 6.92 Å². The van der Waals surface area contributed by atoms with Crippen molar-refractivity contribution >= 4 is 50.7 Å². The molecule has 1 aliphatic heterocycles. The molecule has 0 spiro atoms. The van der Waals surface area contributed by atoms with Gasteiger partial charge in [0, 0.05) is 19.2 Å². The van der Waals surface area contributed by atoms with E-state index < -0.39 is 34.3 Å². The van der Waals surface area contributed by atoms with Crippen LogP contribution >= 0.6 is 23.2 Å². The number of hydrogen-bond acceptors (Lipinski definition) is 6. The highest BCUT2D eigenvalue weighted by Gasteiger charge is 2.34. The number of ether oxygens (including phenoxy) is 2. The Hall–Kier alpha value is -3.54. The van der Waals surface area contributed by atoms with E-state index in [1.165, 1.54) is 35.2 Å². The van der Waals surface area contributed by atoms with E-state index in [1.54, 1.807) is 25.1 Å². The molecule has 13 heteroatoms. The Bertz CT molecular complexity index is 1570. The fourth-order valence-corrected chi connectivity index (χ4v) is 6.32. The lowest BCUT2D eigenvalue weighted by atomic mass is 10.1. The molecule has 0 bridgehead atoms. The minimum atomic E-state index is -4.39. The first kappa shape index (κ1) is 32.4. The van der Waals surface area contributed by atoms with E-state index in [9.17, 15) is 22.4 Å². The number of carbonyl (C=O) groups is 2. The highest BCUT2D eigenvalue weighted by Crippen LogP contribution is 2.34. The summed E-state index contributed by atoms with van der Waals surface area (Å²) in [5.41, 5.74) is 0.648. The van der Waals surface area contributed by atoms with Crippen LogP contribution in [0.5, 0.6) is 11.5 Å². The van der Waals surface area contributed by atoms with Crippen molar-refractivity contribution in [2.75, 3.05) is 30.6 Å². The van der Waals surface area contributed by atoms with Crippen molar-refractivity contribution in [2.24, 2.45) is 0 Å². The standard InChI is InChI=1S/C30H32Cl2FN3O6S/c1-3-13-34-30(38)26(4-2)35(18-20-5-11-24(31)25(32)16-20)29(37)19-36(22-8-6-21(33)7-9-22)43(39,40)23-10-12-27-28(17-23)42-15-14-41-27/h5-12,16-17,26H,3-4,13-15,18-19H2,1-2H3,(H,34,38). The summed E-state index contributed by atoms with van der Waals surface area (Å²) in [6.07, 6.45) is 0.948. The molecule has 9 nitrogen and oxygen atoms in total. The van der Waals surface area contributed by atoms with Crippen molar-refractivity contribution in [1.29, 1.82) is 0 Å². The van der Waals surface area contributed by atoms with Gasteiger partial charge in [-0.1, -0.05) is 43.1 Å². The van der Waals surface area contributed by atoms with Gasteiger partial charge in [-0.2, -0.15) is 0 Å². The quantitative estimate of drug-likeness (QED) is 0.280. The third-order valence-corrected chi connectivity index (χ3v) is 9.28. The molecule has 1 unspecified atom stereocenters. The molecule has 230 valence electrons. The van der Waals surface area contributed by atoms with Crippen LogP contribution in [0.4, 0.5) is 10.1 Å². The van der Waals surface area contributed by atoms with Crippen molar-refractivity contribution in [1.82, 2.24) is 10.2 Å². The summed E-state index contributed by atoms with van der Waals surface area (Å²) in [5.74, 6) is -0.966. The Morgan fingerprint density at radius 1 is 0.953 bits per heavy atom. The molecule has 0 fully saturated rings. The number of rotatable bonds is 12. The highest BCUT2D eigenvalue weighted by molar-refractivity contribution is 7.92. The minimum Gasteiger partial charge on any atom is -0.486 e. The Kier molecular flexibility index (Phi) is 10.8. The Labute approximate surface area is 260 Å². The van der Waals surface area contributed by atoms with E-state index in [-0.39, 0.29) is 46.8 Å². The van der Waals surface area contributed by atoms with Gasteiger partial charge in [-0.15, -0.1) is 0 Å². The van der Waals surface area contributed by atoms with Crippen molar-refractivity contribution < 1.29 is 31.9 Å². The van der Waals surface area contributed by atoms with Crippen LogP contribution in [0.2, 0.25) is 10.0 Å². The molecule has 43 heavy (non-hydrogen) atoms. The zero-order valence-corrected chi connectivity index (χ0v) is 26.0. The maximum absolute atomic E-state index is 14.1. The molecular formula is C30H32Cl2FN3O6S. The van der Waals surface area contributed by atoms with Crippen LogP contribution in [-0.2, 0) is 26.2 Å². The van der Waals surface area contributed by atoms with Crippen LogP contribution in [0.25, 0.3) is 0 Å². The lowest BCUT2D eigenvalue weighted by Gasteiger charge is -2.33. The van der Waals surface area contributed by atoms with Gasteiger partial charge in [0.05, 0.1) is 20.6 Å². The van der Waals surface area contributed by atoms with Gasteiger partial charge < -0.3 is 19.7 Å². The summed E-state index contributed by atoms with van der Waals surface area (Å²) in [6, 6.07) is 12.8. The summed E-state index contributed by atoms with van der Waals surface area (Å²) in [7, 11) is -4.39. The molecule has 0 saturated carbocycles. The largest absolute Gasteiger partial charge is 0.486 e. The molecule has 3 aromatic carbocycles. The molecule has 2 amide bonds. The molecule has 3 aromatic rings. The average molecular weight is 653 g/mol. The molecule has 0 aromatic heterocycles. The second-order valence-corrected chi connectivity index (χ2v) is 12.5. The fourth-order valence-electron chi connectivity index (χ4n) is 4.57. The van der Waals surface area contributed by atoms with Crippen molar-refractivity contribution in [2.45, 2.75) is 44.2 Å². The molecule has 1 N–H and O–H groups in total. The van der Waals surface area contributed by atoms with Gasteiger partial charge in [-0.25, -0.2) is 12.8 Å². The van der Waals surface area contributed by atoms with E-state index in [0.29, 0.717) is 35.9 Å². The van der Waals surface area contributed by atoms with Gasteiger partial charge >= 0.3 is 0 Å². The molecule has 0 radical (unpaired) electrons. The Morgan fingerprint density at radius 2 is 1.65 bits per heavy atom. The SMILES string of the molecule is CCCNC(=O)C(CC)N(Cc1ccc(Cl)c(Cl)c1)C(=O)CN(c1ccc(F)cc1)S(=O)(=O)c1ccc2c(c1)OCCO2. The summed E-state index contributed by atoms with van der Waals surface area (Å²) in [4.78, 5) is 28.5. The molecule has 0 saturated heterocycles. The van der Waals surface area contributed by atoms with Crippen LogP contribution in [0.1, 0.15) is 32.3 Å². The van der Waals surface area contributed by atoms with Crippen molar-refractivity contribution in [3.63, 3.8) is 0 Å². The fraction of sp³-hybridized carbons (Fsp3) is 0.333. The first-order chi connectivity index (χ1) is 20.5. The van der Waals surface area contributed by atoms with Gasteiger partial charge in [-0.05, 0) is 66.9 Å². The number of amides is 2. The summed E-state index contributed by atoms with van der Waals surface area (Å²) in [5, 5.41) is 3.41. The predicted octanol–water partition coefficient (Wildman–Crippen LogP) is 5.43. The van der Waals surface area contributed by atoms with Crippen LogP contribution in [-0.4, -0.2) is 57.5 Å². The maximum atomic E-state index is 14.1. The Morgan fingerprint density at radius 3 is 2.30 bits per heavy atom. The lowest BCUT2D eigenvalue weighted by Crippen LogP contribution is -2.52. The third-order valence-electron chi connectivity index (χ3n) is 6.77. The number of hydrogen-bond donors (Lipinski definition) is 1. The molecule has 1 aliphatic rings. The zero-order chi connectivity index (χ0) is 31.1. The normalized spacial score (nSPS) is 13.2. The van der Waals surface area contributed by atoms with Crippen LogP contribution in [0.15, 0.2) is 65.6 Å². The topological polar surface area (TPSA) is 105 Å². The highest BCUT2D eigenvalue weighted by atomic mass is 35.5. The zero-order valence-electron chi connectivity index (χ0n) is 23.7. The van der Waals surface area contributed by atoms with Gasteiger partial charge in [0.15, 0.2) is 11.5 Å². The number of fused-ring (bicyclic) bond motifs is 1. The van der Waals surface area contributed by atoms with Crippen molar-refractivity contribution in [3.8, 4) is 11.5 Å². The van der Waals surface area contributed by atoms with Gasteiger partial charge in [0.2, 0.25) is 11.8 Å². The number of halogens is 3. The third kappa shape index (κ3) is 7.70. The van der Waals surface area contributed by atoms with E-state index >= 15 is 0 Å². The van der Waals surface area contributed by atoms with Crippen LogP contribution < -0.4 is 19.1 Å². The molecule has 1 atom stereocenters. The summed E-state index contributed by atoms with van der Waals surface area (Å²) in [6.45, 7) is 3.92. The second kappa shape index (κ2) is 14.3. The molecule has 0 aliphatic carbocycles. The number of nitrogens with zero attached hydrogens (tertiary/aromatic N) is 2. The number of sulfonamides is 1. The average Bonchev–Trinajstić information content (AvgIpc) is 3.00. The molecule has 4 rings (SSSR count). The second-order valence-electron chi connectivity index (χ2n) is 9.78. The first-order valence-electron chi connectivity index (χ1n) is 13.7. The monoisotopic (exact) mass is 651 g/mol. The van der Waals surface area contributed by atoms with Gasteiger partial charge in [0.25, 0.3) is 10.0 Å². The van der Waals surface area contributed by atoms with Gasteiger partial charge in [-0.3, -0.25) is 13.9 Å². The maximum Gasteiger partial charge on any atom is 0.264 e. The minimum absolute atomic E-state index is 0.0465. The number of benzene rings is 3. The smallest absolute Gasteiger partial charge is 0.264 e. The van der Waals surface area contributed by atoms with Crippen LogP contribution in [0.3, 0.4) is 0 Å². The molecular weight excluding hydrogens is 620 g/mol. The Balaban J connectivity index is 1.74. The summed E-state index contributed by atoms with van der Waals surface area (Å²) < 4.78 is 54.0. The van der Waals surface area contributed by atoms with Crippen LogP contribution in [0, 0.1) is 5.82 Å².